The molecule has 0 amide bonds. The van der Waals surface area contributed by atoms with Crippen LogP contribution in [0.2, 0.25) is 0 Å². The van der Waals surface area contributed by atoms with E-state index in [1.807, 2.05) is 6.07 Å². The van der Waals surface area contributed by atoms with Gasteiger partial charge in [0.15, 0.2) is 0 Å². The second-order valence-electron chi connectivity index (χ2n) is 9.08. The molecule has 6 nitrogen and oxygen atoms in total. The Morgan fingerprint density at radius 1 is 1.14 bits per heavy atom. The first-order chi connectivity index (χ1) is 17.9. The van der Waals surface area contributed by atoms with Gasteiger partial charge in [-0.05, 0) is 67.8 Å². The van der Waals surface area contributed by atoms with Crippen molar-refractivity contribution >= 4 is 22.8 Å². The van der Waals surface area contributed by atoms with Crippen molar-refractivity contribution in [2.24, 2.45) is 0 Å². The number of hydrogen-bond donors (Lipinski definition) is 2. The van der Waals surface area contributed by atoms with Gasteiger partial charge < -0.3 is 14.8 Å². The Hall–Kier alpha value is -3.69. The highest BCUT2D eigenvalue weighted by atomic mass is 19.1. The van der Waals surface area contributed by atoms with Crippen molar-refractivity contribution in [1.82, 2.24) is 20.5 Å². The first-order valence-corrected chi connectivity index (χ1v) is 12.2. The third-order valence-electron chi connectivity index (χ3n) is 6.39. The van der Waals surface area contributed by atoms with Gasteiger partial charge in [-0.1, -0.05) is 0 Å². The lowest BCUT2D eigenvalue weighted by atomic mass is 10.1. The number of aromatic nitrogens is 3. The summed E-state index contributed by atoms with van der Waals surface area (Å²) in [5.41, 5.74) is 2.65. The number of hydrogen-bond acceptors (Lipinski definition) is 5. The highest BCUT2D eigenvalue weighted by Crippen LogP contribution is 2.29. The molecule has 0 radical (unpaired) electrons. The summed E-state index contributed by atoms with van der Waals surface area (Å²) in [5, 5.41) is 11.2. The van der Waals surface area contributed by atoms with Gasteiger partial charge in [-0.3, -0.25) is 10.1 Å². The summed E-state index contributed by atoms with van der Waals surface area (Å²) in [7, 11) is 0. The summed E-state index contributed by atoms with van der Waals surface area (Å²) in [6.07, 6.45) is 4.22. The standard InChI is InChI=1S/C28H27F3N4O2/c1-17(19-10-20(29)12-21(30)11-19)37-24-4-5-27-25(13-24)28(35-34-27)14-26(31)18-2-3-23(32-15-18)16-33-22-6-8-36-9-7-22/h2-5,10-15,17,22,33H,6-9,16H2,1H3,(H,34,35)/b26-14-. The van der Waals surface area contributed by atoms with Crippen LogP contribution in [-0.2, 0) is 11.3 Å². The molecule has 1 saturated heterocycles. The van der Waals surface area contributed by atoms with Crippen molar-refractivity contribution in [2.45, 2.75) is 38.5 Å². The number of halogens is 3. The van der Waals surface area contributed by atoms with E-state index in [9.17, 15) is 8.78 Å². The smallest absolute Gasteiger partial charge is 0.134 e. The van der Waals surface area contributed by atoms with E-state index >= 15 is 4.39 Å². The summed E-state index contributed by atoms with van der Waals surface area (Å²) >= 11 is 0. The normalized spacial score (nSPS) is 15.7. The van der Waals surface area contributed by atoms with Gasteiger partial charge in [-0.2, -0.15) is 5.10 Å². The molecule has 1 fully saturated rings. The first-order valence-electron chi connectivity index (χ1n) is 12.2. The predicted octanol–water partition coefficient (Wildman–Crippen LogP) is 6.11. The van der Waals surface area contributed by atoms with Crippen LogP contribution in [0.3, 0.4) is 0 Å². The van der Waals surface area contributed by atoms with Crippen molar-refractivity contribution in [1.29, 1.82) is 0 Å². The summed E-state index contributed by atoms with van der Waals surface area (Å²) in [6, 6.07) is 12.3. The molecule has 9 heteroatoms. The molecule has 2 aromatic carbocycles. The summed E-state index contributed by atoms with van der Waals surface area (Å²) < 4.78 is 53.5. The molecule has 0 saturated carbocycles. The van der Waals surface area contributed by atoms with Crippen molar-refractivity contribution < 1.29 is 22.6 Å². The van der Waals surface area contributed by atoms with E-state index in [1.165, 1.54) is 24.4 Å². The van der Waals surface area contributed by atoms with E-state index in [4.69, 9.17) is 9.47 Å². The van der Waals surface area contributed by atoms with Crippen molar-refractivity contribution in [3.8, 4) is 5.75 Å². The molecule has 3 heterocycles. The quantitative estimate of drug-likeness (QED) is 0.300. The van der Waals surface area contributed by atoms with Crippen LogP contribution in [0.25, 0.3) is 22.8 Å². The average Bonchev–Trinajstić information content (AvgIpc) is 3.29. The number of fused-ring (bicyclic) bond motifs is 1. The van der Waals surface area contributed by atoms with E-state index in [0.29, 0.717) is 46.1 Å². The zero-order chi connectivity index (χ0) is 25.8. The number of pyridine rings is 1. The first kappa shape index (κ1) is 25.0. The number of nitrogens with one attached hydrogen (secondary N) is 2. The Bertz CT molecular complexity index is 1380. The molecule has 1 unspecified atom stereocenters. The van der Waals surface area contributed by atoms with Gasteiger partial charge in [0.25, 0.3) is 0 Å². The van der Waals surface area contributed by atoms with Gasteiger partial charge in [0.1, 0.15) is 29.3 Å². The minimum Gasteiger partial charge on any atom is -0.486 e. The van der Waals surface area contributed by atoms with Crippen LogP contribution in [0, 0.1) is 11.6 Å². The van der Waals surface area contributed by atoms with Crippen LogP contribution in [0.4, 0.5) is 13.2 Å². The predicted molar refractivity (Wildman–Crippen MR) is 135 cm³/mol. The maximum atomic E-state index is 15.1. The third-order valence-corrected chi connectivity index (χ3v) is 6.39. The molecular formula is C28H27F3N4O2. The zero-order valence-electron chi connectivity index (χ0n) is 20.3. The van der Waals surface area contributed by atoms with Gasteiger partial charge in [0, 0.05) is 55.1 Å². The second kappa shape index (κ2) is 11.1. The fourth-order valence-corrected chi connectivity index (χ4v) is 4.31. The Balaban J connectivity index is 1.29. The molecule has 4 aromatic rings. The van der Waals surface area contributed by atoms with Crippen molar-refractivity contribution in [2.75, 3.05) is 13.2 Å². The molecule has 2 aromatic heterocycles. The summed E-state index contributed by atoms with van der Waals surface area (Å²) in [4.78, 5) is 4.39. The average molecular weight is 509 g/mol. The van der Waals surface area contributed by atoms with Gasteiger partial charge in [-0.25, -0.2) is 13.2 Å². The number of benzene rings is 2. The van der Waals surface area contributed by atoms with Crippen LogP contribution in [0.15, 0.2) is 54.7 Å². The molecule has 2 N–H and O–H groups in total. The molecule has 5 rings (SSSR count). The molecular weight excluding hydrogens is 481 g/mol. The second-order valence-corrected chi connectivity index (χ2v) is 9.08. The maximum Gasteiger partial charge on any atom is 0.134 e. The van der Waals surface area contributed by atoms with Crippen LogP contribution in [0.1, 0.15) is 48.4 Å². The summed E-state index contributed by atoms with van der Waals surface area (Å²) in [6.45, 7) is 3.85. The zero-order valence-corrected chi connectivity index (χ0v) is 20.3. The van der Waals surface area contributed by atoms with E-state index in [1.54, 1.807) is 31.2 Å². The number of rotatable bonds is 8. The minimum atomic E-state index is -0.670. The van der Waals surface area contributed by atoms with Crippen molar-refractivity contribution in [3.63, 3.8) is 0 Å². The van der Waals surface area contributed by atoms with Gasteiger partial charge in [0.2, 0.25) is 0 Å². The Kier molecular flexibility index (Phi) is 7.52. The van der Waals surface area contributed by atoms with Gasteiger partial charge >= 0.3 is 0 Å². The molecule has 192 valence electrons. The van der Waals surface area contributed by atoms with Gasteiger partial charge in [-0.15, -0.1) is 0 Å². The highest BCUT2D eigenvalue weighted by Gasteiger charge is 2.14. The fraction of sp³-hybridized carbons (Fsp3) is 0.286. The molecule has 0 spiro atoms. The fourth-order valence-electron chi connectivity index (χ4n) is 4.31. The van der Waals surface area contributed by atoms with Crippen LogP contribution < -0.4 is 10.1 Å². The number of H-pyrrole nitrogens is 1. The molecule has 1 aliphatic heterocycles. The maximum absolute atomic E-state index is 15.1. The summed E-state index contributed by atoms with van der Waals surface area (Å²) in [5.74, 6) is -1.34. The van der Waals surface area contributed by atoms with Crippen molar-refractivity contribution in [3.05, 3.63) is 88.9 Å². The monoisotopic (exact) mass is 508 g/mol. The SMILES string of the molecule is CC(Oc1ccc2n[nH]c(/C=C(\F)c3ccc(CNC4CCOCC4)nc3)c2c1)c1cc(F)cc(F)c1. The molecule has 0 bridgehead atoms. The number of aromatic amines is 1. The molecule has 0 aliphatic carbocycles. The lowest BCUT2D eigenvalue weighted by molar-refractivity contribution is 0.0775. The van der Waals surface area contributed by atoms with E-state index in [2.05, 4.69) is 20.5 Å². The van der Waals surface area contributed by atoms with Crippen LogP contribution >= 0.6 is 0 Å². The van der Waals surface area contributed by atoms with Crippen LogP contribution in [-0.4, -0.2) is 34.4 Å². The van der Waals surface area contributed by atoms with E-state index in [0.717, 1.165) is 37.8 Å². The Labute approximate surface area is 212 Å². The lowest BCUT2D eigenvalue weighted by Gasteiger charge is -2.23. The Morgan fingerprint density at radius 2 is 1.92 bits per heavy atom. The highest BCUT2D eigenvalue weighted by molar-refractivity contribution is 5.91. The molecule has 1 atom stereocenters. The number of ether oxygens (including phenoxy) is 2. The number of nitrogens with zero attached hydrogens (tertiary/aromatic N) is 2. The van der Waals surface area contributed by atoms with E-state index < -0.39 is 23.6 Å². The Morgan fingerprint density at radius 3 is 2.65 bits per heavy atom. The van der Waals surface area contributed by atoms with E-state index in [-0.39, 0.29) is 0 Å². The molecule has 1 aliphatic rings. The third kappa shape index (κ3) is 6.18. The largest absolute Gasteiger partial charge is 0.486 e. The lowest BCUT2D eigenvalue weighted by Crippen LogP contribution is -2.34. The topological polar surface area (TPSA) is 72.1 Å². The van der Waals surface area contributed by atoms with Crippen LogP contribution in [0.5, 0.6) is 5.75 Å². The molecule has 37 heavy (non-hydrogen) atoms. The minimum absolute atomic E-state index is 0.353. The van der Waals surface area contributed by atoms with Gasteiger partial charge in [0.05, 0.1) is 16.9 Å².